The fraction of sp³-hybridized carbons (Fsp3) is 0. The first-order chi connectivity index (χ1) is 6.79. The van der Waals surface area contributed by atoms with Gasteiger partial charge in [-0.05, 0) is 12.1 Å². The third-order valence-electron chi connectivity index (χ3n) is 2.10. The largest absolute Gasteiger partial charge is 0.507 e. The van der Waals surface area contributed by atoms with Crippen molar-refractivity contribution in [1.29, 1.82) is 0 Å². The van der Waals surface area contributed by atoms with Gasteiger partial charge < -0.3 is 10.2 Å². The van der Waals surface area contributed by atoms with E-state index >= 15 is 0 Å². The van der Waals surface area contributed by atoms with Gasteiger partial charge in [-0.3, -0.25) is 0 Å². The van der Waals surface area contributed by atoms with E-state index in [9.17, 15) is 10.2 Å². The maximum absolute atomic E-state index is 9.58. The predicted octanol–water partition coefficient (Wildman–Crippen LogP) is 2.38. The third kappa shape index (κ3) is 2.83. The molecule has 0 aliphatic rings. The summed E-state index contributed by atoms with van der Waals surface area (Å²) < 4.78 is 0. The van der Waals surface area contributed by atoms with Gasteiger partial charge in [0.25, 0.3) is 0 Å². The number of rotatable bonds is 1. The van der Waals surface area contributed by atoms with Crippen LogP contribution in [0.25, 0.3) is 11.1 Å². The molecule has 0 spiro atoms. The first-order valence-electron chi connectivity index (χ1n) is 4.35. The molecule has 0 aliphatic carbocycles. The molecule has 0 atom stereocenters. The van der Waals surface area contributed by atoms with Crippen molar-refractivity contribution in [2.45, 2.75) is 0 Å². The van der Waals surface area contributed by atoms with Crippen LogP contribution in [0.5, 0.6) is 11.5 Å². The standard InChI is InChI=1S/C12H10O2.K/c13-11-7-3-1-5-9(11)10-6-2-4-8-12(10)14;/h1-8,13-14H;. The van der Waals surface area contributed by atoms with E-state index in [1.54, 1.807) is 36.4 Å². The van der Waals surface area contributed by atoms with Gasteiger partial charge >= 0.3 is 0 Å². The van der Waals surface area contributed by atoms with Crippen LogP contribution in [0.2, 0.25) is 0 Å². The molecule has 0 amide bonds. The molecule has 0 aromatic heterocycles. The molecule has 0 heterocycles. The van der Waals surface area contributed by atoms with Gasteiger partial charge in [0, 0.05) is 62.5 Å². The van der Waals surface area contributed by atoms with E-state index in [4.69, 9.17) is 0 Å². The third-order valence-corrected chi connectivity index (χ3v) is 2.10. The van der Waals surface area contributed by atoms with Crippen molar-refractivity contribution in [2.24, 2.45) is 0 Å². The number of benzene rings is 2. The Bertz CT molecular complexity index is 411. The Kier molecular flexibility index (Phi) is 4.82. The van der Waals surface area contributed by atoms with Crippen LogP contribution in [-0.2, 0) is 0 Å². The van der Waals surface area contributed by atoms with Crippen LogP contribution in [0.1, 0.15) is 0 Å². The zero-order chi connectivity index (χ0) is 9.97. The average molecular weight is 225 g/mol. The number of phenols is 2. The summed E-state index contributed by atoms with van der Waals surface area (Å²) >= 11 is 0. The predicted molar refractivity (Wildman–Crippen MR) is 61.0 cm³/mol. The average Bonchev–Trinajstić information content (AvgIpc) is 2.20. The molecule has 2 aromatic rings. The van der Waals surface area contributed by atoms with Crippen LogP contribution in [0.4, 0.5) is 0 Å². The van der Waals surface area contributed by atoms with E-state index in [-0.39, 0.29) is 62.9 Å². The maximum Gasteiger partial charge on any atom is 0.123 e. The summed E-state index contributed by atoms with van der Waals surface area (Å²) in [5.41, 5.74) is 1.29. The number of aromatic hydroxyl groups is 2. The van der Waals surface area contributed by atoms with E-state index in [0.717, 1.165) is 0 Å². The van der Waals surface area contributed by atoms with Crippen LogP contribution in [0.15, 0.2) is 48.5 Å². The summed E-state index contributed by atoms with van der Waals surface area (Å²) in [5.74, 6) is 0.350. The van der Waals surface area contributed by atoms with Crippen molar-refractivity contribution < 1.29 is 10.2 Å². The van der Waals surface area contributed by atoms with E-state index in [0.29, 0.717) is 11.1 Å². The molecule has 2 nitrogen and oxygen atoms in total. The molecule has 0 saturated carbocycles. The van der Waals surface area contributed by atoms with Crippen LogP contribution < -0.4 is 0 Å². The summed E-state index contributed by atoms with van der Waals surface area (Å²) in [5, 5.41) is 19.2. The SMILES string of the molecule is Oc1ccccc1-c1ccccc1O.[K]. The Hall–Kier alpha value is -0.324. The number of hydrogen-bond acceptors (Lipinski definition) is 2. The van der Waals surface area contributed by atoms with Crippen molar-refractivity contribution in [3.63, 3.8) is 0 Å². The summed E-state index contributed by atoms with van der Waals surface area (Å²) in [6.45, 7) is 0. The van der Waals surface area contributed by atoms with E-state index in [2.05, 4.69) is 0 Å². The van der Waals surface area contributed by atoms with Gasteiger partial charge in [0.15, 0.2) is 0 Å². The second-order valence-electron chi connectivity index (χ2n) is 3.03. The van der Waals surface area contributed by atoms with Gasteiger partial charge in [0.05, 0.1) is 0 Å². The maximum atomic E-state index is 9.58. The Morgan fingerprint density at radius 2 is 0.933 bits per heavy atom. The van der Waals surface area contributed by atoms with Gasteiger partial charge in [-0.25, -0.2) is 0 Å². The van der Waals surface area contributed by atoms with Crippen LogP contribution in [0, 0.1) is 0 Å². The summed E-state index contributed by atoms with van der Waals surface area (Å²) in [6.07, 6.45) is 0. The zero-order valence-electron chi connectivity index (χ0n) is 8.51. The molecule has 2 rings (SSSR count). The van der Waals surface area contributed by atoms with Gasteiger partial charge in [0.2, 0.25) is 0 Å². The number of hydrogen-bond donors (Lipinski definition) is 2. The first-order valence-corrected chi connectivity index (χ1v) is 4.35. The first kappa shape index (κ1) is 12.7. The molecule has 2 aromatic carbocycles. The smallest absolute Gasteiger partial charge is 0.123 e. The molecule has 0 aliphatic heterocycles. The second kappa shape index (κ2) is 5.68. The van der Waals surface area contributed by atoms with Crippen molar-refractivity contribution in [1.82, 2.24) is 0 Å². The summed E-state index contributed by atoms with van der Waals surface area (Å²) in [7, 11) is 0. The van der Waals surface area contributed by atoms with Crippen molar-refractivity contribution in [3.8, 4) is 22.6 Å². The second-order valence-corrected chi connectivity index (χ2v) is 3.03. The van der Waals surface area contributed by atoms with Crippen LogP contribution in [-0.4, -0.2) is 61.6 Å². The molecular weight excluding hydrogens is 215 g/mol. The van der Waals surface area contributed by atoms with E-state index in [1.807, 2.05) is 12.1 Å². The normalized spacial score (nSPS) is 9.33. The van der Waals surface area contributed by atoms with E-state index < -0.39 is 0 Å². The summed E-state index contributed by atoms with van der Waals surface area (Å²) in [4.78, 5) is 0. The minimum atomic E-state index is 0. The fourth-order valence-corrected chi connectivity index (χ4v) is 1.40. The Balaban J connectivity index is 0.00000112. The van der Waals surface area contributed by atoms with Gasteiger partial charge in [-0.15, -0.1) is 0 Å². The minimum Gasteiger partial charge on any atom is -0.507 e. The fourth-order valence-electron chi connectivity index (χ4n) is 1.40. The van der Waals surface area contributed by atoms with Gasteiger partial charge in [-0.1, -0.05) is 36.4 Å². The van der Waals surface area contributed by atoms with Gasteiger partial charge in [0.1, 0.15) is 11.5 Å². The molecule has 0 fully saturated rings. The molecule has 1 radical (unpaired) electrons. The number of para-hydroxylation sites is 2. The molecule has 0 unspecified atom stereocenters. The molecule has 3 heteroatoms. The van der Waals surface area contributed by atoms with Gasteiger partial charge in [-0.2, -0.15) is 0 Å². The topological polar surface area (TPSA) is 40.5 Å². The Labute approximate surface area is 131 Å². The molecule has 15 heavy (non-hydrogen) atoms. The quantitative estimate of drug-likeness (QED) is 0.732. The Morgan fingerprint density at radius 3 is 1.27 bits per heavy atom. The molecule has 71 valence electrons. The summed E-state index contributed by atoms with van der Waals surface area (Å²) in [6, 6.07) is 13.9. The molecule has 0 bridgehead atoms. The van der Waals surface area contributed by atoms with Crippen molar-refractivity contribution in [2.75, 3.05) is 0 Å². The van der Waals surface area contributed by atoms with Crippen molar-refractivity contribution in [3.05, 3.63) is 48.5 Å². The molecular formula is C12H10KO2. The monoisotopic (exact) mass is 225 g/mol. The zero-order valence-corrected chi connectivity index (χ0v) is 11.6. The molecule has 0 saturated heterocycles. The Morgan fingerprint density at radius 1 is 0.600 bits per heavy atom. The molecule has 2 N–H and O–H groups in total. The number of phenolic OH excluding ortho intramolecular Hbond substituents is 2. The van der Waals surface area contributed by atoms with Crippen molar-refractivity contribution >= 4 is 51.4 Å². The minimum absolute atomic E-state index is 0. The van der Waals surface area contributed by atoms with Crippen LogP contribution in [0.3, 0.4) is 0 Å². The van der Waals surface area contributed by atoms with E-state index in [1.165, 1.54) is 0 Å². The van der Waals surface area contributed by atoms with Crippen LogP contribution >= 0.6 is 0 Å².